The average Bonchev–Trinajstić information content (AvgIpc) is 2.18. The quantitative estimate of drug-likeness (QED) is 0.451. The van der Waals surface area contributed by atoms with Crippen molar-refractivity contribution in [2.24, 2.45) is 0 Å². The van der Waals surface area contributed by atoms with Crippen LogP contribution < -0.4 is 0 Å². The van der Waals surface area contributed by atoms with E-state index in [1.54, 1.807) is 6.07 Å². The highest BCUT2D eigenvalue weighted by molar-refractivity contribution is 6.44. The van der Waals surface area contributed by atoms with Crippen molar-refractivity contribution in [3.8, 4) is 0 Å². The Morgan fingerprint density at radius 3 is 2.73 bits per heavy atom. The standard InChI is InChI=1S/C10H8ClNO3/c1-7(13)10(11)6-8-3-2-4-9(5-8)12(14)15/h2-6H,1H3/b10-6-. The Morgan fingerprint density at radius 1 is 1.53 bits per heavy atom. The molecule has 0 unspecified atom stereocenters. The van der Waals surface area contributed by atoms with Gasteiger partial charge in [0.05, 0.1) is 9.96 Å². The zero-order valence-corrected chi connectivity index (χ0v) is 8.69. The summed E-state index contributed by atoms with van der Waals surface area (Å²) in [7, 11) is 0. The molecule has 78 valence electrons. The normalized spacial score (nSPS) is 11.2. The summed E-state index contributed by atoms with van der Waals surface area (Å²) in [5.41, 5.74) is 0.501. The predicted octanol–water partition coefficient (Wildman–Crippen LogP) is 2.76. The van der Waals surface area contributed by atoms with Gasteiger partial charge in [0, 0.05) is 19.1 Å². The fraction of sp³-hybridized carbons (Fsp3) is 0.100. The van der Waals surface area contributed by atoms with Crippen LogP contribution in [0.4, 0.5) is 5.69 Å². The number of nitrogens with zero attached hydrogens (tertiary/aromatic N) is 1. The van der Waals surface area contributed by atoms with E-state index in [4.69, 9.17) is 11.6 Å². The van der Waals surface area contributed by atoms with Gasteiger partial charge in [-0.3, -0.25) is 14.9 Å². The third-order valence-electron chi connectivity index (χ3n) is 1.71. The molecule has 1 rings (SSSR count). The van der Waals surface area contributed by atoms with Crippen LogP contribution in [0.3, 0.4) is 0 Å². The number of carbonyl (C=O) groups excluding carboxylic acids is 1. The van der Waals surface area contributed by atoms with Crippen molar-refractivity contribution < 1.29 is 9.72 Å². The van der Waals surface area contributed by atoms with E-state index in [0.29, 0.717) is 5.56 Å². The lowest BCUT2D eigenvalue weighted by molar-refractivity contribution is -0.384. The van der Waals surface area contributed by atoms with Gasteiger partial charge in [0.15, 0.2) is 5.78 Å². The molecule has 0 spiro atoms. The minimum Gasteiger partial charge on any atom is -0.294 e. The van der Waals surface area contributed by atoms with Gasteiger partial charge in [-0.1, -0.05) is 23.7 Å². The van der Waals surface area contributed by atoms with Gasteiger partial charge in [-0.15, -0.1) is 0 Å². The van der Waals surface area contributed by atoms with Crippen molar-refractivity contribution in [2.75, 3.05) is 0 Å². The Morgan fingerprint density at radius 2 is 2.20 bits per heavy atom. The van der Waals surface area contributed by atoms with E-state index in [2.05, 4.69) is 0 Å². The number of non-ortho nitro benzene ring substituents is 1. The van der Waals surface area contributed by atoms with Gasteiger partial charge >= 0.3 is 0 Å². The molecule has 5 heteroatoms. The van der Waals surface area contributed by atoms with E-state index in [9.17, 15) is 14.9 Å². The average molecular weight is 226 g/mol. The predicted molar refractivity (Wildman–Crippen MR) is 57.6 cm³/mol. The number of nitro groups is 1. The van der Waals surface area contributed by atoms with Crippen LogP contribution >= 0.6 is 11.6 Å². The first-order chi connectivity index (χ1) is 7.00. The summed E-state index contributed by atoms with van der Waals surface area (Å²) < 4.78 is 0. The van der Waals surface area contributed by atoms with Crippen LogP contribution in [0.5, 0.6) is 0 Å². The first-order valence-electron chi connectivity index (χ1n) is 4.13. The van der Waals surface area contributed by atoms with Gasteiger partial charge in [0.25, 0.3) is 5.69 Å². The van der Waals surface area contributed by atoms with E-state index in [0.717, 1.165) is 0 Å². The highest BCUT2D eigenvalue weighted by Crippen LogP contribution is 2.17. The number of Topliss-reactive ketones (excluding diaryl/α,β-unsaturated/α-hetero) is 1. The van der Waals surface area contributed by atoms with Crippen molar-refractivity contribution in [1.29, 1.82) is 0 Å². The van der Waals surface area contributed by atoms with Crippen LogP contribution in [0.25, 0.3) is 6.08 Å². The summed E-state index contributed by atoms with van der Waals surface area (Å²) in [6.07, 6.45) is 1.40. The highest BCUT2D eigenvalue weighted by atomic mass is 35.5. The molecule has 0 aliphatic carbocycles. The van der Waals surface area contributed by atoms with E-state index >= 15 is 0 Å². The van der Waals surface area contributed by atoms with Crippen LogP contribution in [0.15, 0.2) is 29.3 Å². The monoisotopic (exact) mass is 225 g/mol. The zero-order valence-electron chi connectivity index (χ0n) is 7.94. The number of allylic oxidation sites excluding steroid dienone is 1. The molecular formula is C10H8ClNO3. The third kappa shape index (κ3) is 3.18. The third-order valence-corrected chi connectivity index (χ3v) is 2.09. The second-order valence-electron chi connectivity index (χ2n) is 2.90. The number of rotatable bonds is 3. The maximum atomic E-state index is 10.8. The largest absolute Gasteiger partial charge is 0.294 e. The molecule has 0 radical (unpaired) electrons. The lowest BCUT2D eigenvalue weighted by Gasteiger charge is -1.95. The summed E-state index contributed by atoms with van der Waals surface area (Å²) >= 11 is 5.62. The fourth-order valence-electron chi connectivity index (χ4n) is 0.976. The molecule has 0 bridgehead atoms. The Kier molecular flexibility index (Phi) is 3.57. The molecule has 1 aromatic carbocycles. The smallest absolute Gasteiger partial charge is 0.270 e. The van der Waals surface area contributed by atoms with Crippen LogP contribution in [-0.2, 0) is 4.79 Å². The number of carbonyl (C=O) groups is 1. The summed E-state index contributed by atoms with van der Waals surface area (Å²) in [4.78, 5) is 20.8. The molecule has 0 fully saturated rings. The van der Waals surface area contributed by atoms with Crippen LogP contribution in [0.1, 0.15) is 12.5 Å². The lowest BCUT2D eigenvalue weighted by atomic mass is 10.2. The zero-order chi connectivity index (χ0) is 11.4. The molecule has 0 aromatic heterocycles. The number of benzene rings is 1. The molecule has 1 aromatic rings. The summed E-state index contributed by atoms with van der Waals surface area (Å²) in [5.74, 6) is -0.275. The molecule has 0 heterocycles. The summed E-state index contributed by atoms with van der Waals surface area (Å²) in [6.45, 7) is 1.33. The maximum absolute atomic E-state index is 10.8. The molecule has 15 heavy (non-hydrogen) atoms. The summed E-state index contributed by atoms with van der Waals surface area (Å²) in [6, 6.07) is 5.90. The van der Waals surface area contributed by atoms with E-state index < -0.39 is 4.92 Å². The Hall–Kier alpha value is -1.68. The van der Waals surface area contributed by atoms with Gasteiger partial charge in [-0.05, 0) is 11.6 Å². The molecule has 0 saturated heterocycles. The molecule has 0 amide bonds. The van der Waals surface area contributed by atoms with Crippen LogP contribution in [-0.4, -0.2) is 10.7 Å². The molecule has 0 N–H and O–H groups in total. The van der Waals surface area contributed by atoms with E-state index in [1.165, 1.54) is 31.2 Å². The summed E-state index contributed by atoms with van der Waals surface area (Å²) in [5, 5.41) is 10.5. The van der Waals surface area contributed by atoms with Crippen molar-refractivity contribution in [3.63, 3.8) is 0 Å². The Bertz CT molecular complexity index is 440. The molecule has 0 atom stereocenters. The molecule has 0 saturated carbocycles. The fourth-order valence-corrected chi connectivity index (χ4v) is 1.10. The minimum absolute atomic E-state index is 0.0308. The SMILES string of the molecule is CC(=O)/C(Cl)=C/c1cccc([N+](=O)[O-])c1. The van der Waals surface area contributed by atoms with Crippen LogP contribution in [0.2, 0.25) is 0 Å². The Labute approximate surface area is 91.3 Å². The number of ketones is 1. The first kappa shape index (κ1) is 11.4. The lowest BCUT2D eigenvalue weighted by Crippen LogP contribution is -1.90. The van der Waals surface area contributed by atoms with Gasteiger partial charge in [-0.25, -0.2) is 0 Å². The minimum atomic E-state index is -0.501. The second kappa shape index (κ2) is 4.70. The maximum Gasteiger partial charge on any atom is 0.270 e. The second-order valence-corrected chi connectivity index (χ2v) is 3.31. The molecule has 0 aliphatic rings. The van der Waals surface area contributed by atoms with Gasteiger partial charge in [0.2, 0.25) is 0 Å². The van der Waals surface area contributed by atoms with Crippen LogP contribution in [0, 0.1) is 10.1 Å². The van der Waals surface area contributed by atoms with Crippen molar-refractivity contribution in [1.82, 2.24) is 0 Å². The number of nitro benzene ring substituents is 1. The van der Waals surface area contributed by atoms with Gasteiger partial charge in [-0.2, -0.15) is 0 Å². The number of hydrogen-bond acceptors (Lipinski definition) is 3. The van der Waals surface area contributed by atoms with Crippen molar-refractivity contribution >= 4 is 29.1 Å². The highest BCUT2D eigenvalue weighted by Gasteiger charge is 2.05. The number of hydrogen-bond donors (Lipinski definition) is 0. The Balaban J connectivity index is 3.06. The van der Waals surface area contributed by atoms with E-state index in [1.807, 2.05) is 0 Å². The first-order valence-corrected chi connectivity index (χ1v) is 4.51. The van der Waals surface area contributed by atoms with Gasteiger partial charge < -0.3 is 0 Å². The topological polar surface area (TPSA) is 60.2 Å². The molecular weight excluding hydrogens is 218 g/mol. The van der Waals surface area contributed by atoms with E-state index in [-0.39, 0.29) is 16.5 Å². The van der Waals surface area contributed by atoms with Crippen molar-refractivity contribution in [2.45, 2.75) is 6.92 Å². The van der Waals surface area contributed by atoms with Crippen molar-refractivity contribution in [3.05, 3.63) is 45.0 Å². The molecule has 4 nitrogen and oxygen atoms in total. The number of halogens is 1. The van der Waals surface area contributed by atoms with Gasteiger partial charge in [0.1, 0.15) is 0 Å². The molecule has 0 aliphatic heterocycles.